The van der Waals surface area contributed by atoms with Crippen LogP contribution >= 0.6 is 0 Å². The highest BCUT2D eigenvalue weighted by atomic mass is 19.1. The summed E-state index contributed by atoms with van der Waals surface area (Å²) in [6.07, 6.45) is 2.51. The number of halogens is 1. The Kier molecular flexibility index (Phi) is 4.56. The number of hydrogen-bond acceptors (Lipinski definition) is 5. The molecule has 1 atom stereocenters. The molecule has 0 aliphatic carbocycles. The molecule has 26 heavy (non-hydrogen) atoms. The maximum atomic E-state index is 13.9. The second kappa shape index (κ2) is 7.15. The number of aromatic nitrogens is 2. The minimum Gasteiger partial charge on any atom is -0.497 e. The van der Waals surface area contributed by atoms with Gasteiger partial charge in [0.2, 0.25) is 0 Å². The molecule has 1 saturated heterocycles. The Balaban J connectivity index is 1.43. The van der Waals surface area contributed by atoms with E-state index in [0.717, 1.165) is 37.2 Å². The first kappa shape index (κ1) is 16.6. The third kappa shape index (κ3) is 3.27. The molecule has 1 aliphatic heterocycles. The molecule has 134 valence electrons. The summed E-state index contributed by atoms with van der Waals surface area (Å²) in [7, 11) is 1.69. The van der Waals surface area contributed by atoms with Crippen molar-refractivity contribution in [1.82, 2.24) is 9.97 Å². The fraction of sp³-hybridized carbons (Fsp3) is 0.300. The fourth-order valence-electron chi connectivity index (χ4n) is 3.47. The lowest BCUT2D eigenvalue weighted by atomic mass is 10.1. The largest absolute Gasteiger partial charge is 0.497 e. The van der Waals surface area contributed by atoms with Gasteiger partial charge in [0, 0.05) is 36.8 Å². The Morgan fingerprint density at radius 1 is 1.23 bits per heavy atom. The van der Waals surface area contributed by atoms with Crippen LogP contribution in [0.1, 0.15) is 6.42 Å². The zero-order valence-electron chi connectivity index (χ0n) is 14.7. The van der Waals surface area contributed by atoms with Crippen LogP contribution in [0.5, 0.6) is 5.75 Å². The van der Waals surface area contributed by atoms with Gasteiger partial charge >= 0.3 is 0 Å². The van der Waals surface area contributed by atoms with E-state index in [1.807, 2.05) is 18.2 Å². The van der Waals surface area contributed by atoms with Gasteiger partial charge in [-0.3, -0.25) is 0 Å². The van der Waals surface area contributed by atoms with E-state index in [4.69, 9.17) is 4.74 Å². The molecule has 4 rings (SSSR count). The van der Waals surface area contributed by atoms with E-state index in [1.54, 1.807) is 13.2 Å². The van der Waals surface area contributed by atoms with E-state index >= 15 is 0 Å². The molecule has 0 spiro atoms. The van der Waals surface area contributed by atoms with Gasteiger partial charge in [-0.25, -0.2) is 14.4 Å². The highest BCUT2D eigenvalue weighted by molar-refractivity contribution is 5.89. The topological polar surface area (TPSA) is 50.3 Å². The summed E-state index contributed by atoms with van der Waals surface area (Å²) in [5.74, 6) is 1.74. The summed E-state index contributed by atoms with van der Waals surface area (Å²) in [6.45, 7) is 2.78. The standard InChI is InChI=1S/C20H21FN4O/c1-26-16-5-2-4-15(10-16)25-9-8-14(12-25)11-22-20-17-6-3-7-18(21)19(17)23-13-24-20/h2-7,10,13-14H,8-9,11-12H2,1H3,(H,22,23,24). The van der Waals surface area contributed by atoms with Crippen LogP contribution in [-0.2, 0) is 0 Å². The van der Waals surface area contributed by atoms with Crippen molar-refractivity contribution in [2.75, 3.05) is 37.0 Å². The number of benzene rings is 2. The zero-order chi connectivity index (χ0) is 17.9. The van der Waals surface area contributed by atoms with Crippen molar-refractivity contribution in [2.24, 2.45) is 5.92 Å². The first-order chi connectivity index (χ1) is 12.7. The Morgan fingerprint density at radius 3 is 3.00 bits per heavy atom. The lowest BCUT2D eigenvalue weighted by Gasteiger charge is -2.19. The molecule has 1 aromatic heterocycles. The van der Waals surface area contributed by atoms with Gasteiger partial charge in [0.1, 0.15) is 29.2 Å². The lowest BCUT2D eigenvalue weighted by Crippen LogP contribution is -2.22. The molecular formula is C20H21FN4O. The molecule has 0 radical (unpaired) electrons. The van der Waals surface area contributed by atoms with Crippen molar-refractivity contribution < 1.29 is 9.13 Å². The first-order valence-corrected chi connectivity index (χ1v) is 8.76. The van der Waals surface area contributed by atoms with Crippen molar-refractivity contribution in [3.63, 3.8) is 0 Å². The molecule has 1 aliphatic rings. The Bertz CT molecular complexity index is 917. The summed E-state index contributed by atoms with van der Waals surface area (Å²) in [4.78, 5) is 10.7. The van der Waals surface area contributed by atoms with Crippen LogP contribution in [0, 0.1) is 11.7 Å². The fourth-order valence-corrected chi connectivity index (χ4v) is 3.47. The molecule has 0 saturated carbocycles. The quantitative estimate of drug-likeness (QED) is 0.758. The molecule has 2 aromatic carbocycles. The monoisotopic (exact) mass is 352 g/mol. The number of rotatable bonds is 5. The molecule has 2 heterocycles. The van der Waals surface area contributed by atoms with E-state index in [0.29, 0.717) is 17.3 Å². The Hall–Kier alpha value is -2.89. The molecule has 3 aromatic rings. The molecule has 0 amide bonds. The van der Waals surface area contributed by atoms with Gasteiger partial charge in [-0.2, -0.15) is 0 Å². The van der Waals surface area contributed by atoms with E-state index in [-0.39, 0.29) is 5.82 Å². The van der Waals surface area contributed by atoms with Gasteiger partial charge in [0.05, 0.1) is 7.11 Å². The molecule has 1 fully saturated rings. The van der Waals surface area contributed by atoms with Crippen LogP contribution in [0.25, 0.3) is 10.9 Å². The summed E-state index contributed by atoms with van der Waals surface area (Å²) in [5, 5.41) is 4.10. The lowest BCUT2D eigenvalue weighted by molar-refractivity contribution is 0.415. The van der Waals surface area contributed by atoms with Crippen molar-refractivity contribution in [2.45, 2.75) is 6.42 Å². The van der Waals surface area contributed by atoms with Crippen LogP contribution in [0.2, 0.25) is 0 Å². The van der Waals surface area contributed by atoms with Crippen molar-refractivity contribution in [1.29, 1.82) is 0 Å². The Morgan fingerprint density at radius 2 is 2.12 bits per heavy atom. The summed E-state index contributed by atoms with van der Waals surface area (Å²) in [5.41, 5.74) is 1.54. The van der Waals surface area contributed by atoms with Gasteiger partial charge in [-0.05, 0) is 36.6 Å². The average molecular weight is 352 g/mol. The zero-order valence-corrected chi connectivity index (χ0v) is 14.7. The predicted octanol–water partition coefficient (Wildman–Crippen LogP) is 3.72. The molecule has 6 heteroatoms. The van der Waals surface area contributed by atoms with Gasteiger partial charge in [0.15, 0.2) is 0 Å². The number of fused-ring (bicyclic) bond motifs is 1. The second-order valence-corrected chi connectivity index (χ2v) is 6.54. The van der Waals surface area contributed by atoms with Gasteiger partial charge in [-0.1, -0.05) is 12.1 Å². The molecule has 5 nitrogen and oxygen atoms in total. The van der Waals surface area contributed by atoms with E-state index in [1.165, 1.54) is 18.1 Å². The maximum absolute atomic E-state index is 13.9. The Labute approximate surface area is 151 Å². The minimum absolute atomic E-state index is 0.321. The summed E-state index contributed by atoms with van der Waals surface area (Å²) in [6, 6.07) is 13.1. The van der Waals surface area contributed by atoms with Crippen molar-refractivity contribution in [3.8, 4) is 5.75 Å². The van der Waals surface area contributed by atoms with E-state index in [2.05, 4.69) is 32.3 Å². The van der Waals surface area contributed by atoms with Gasteiger partial charge < -0.3 is 15.0 Å². The van der Waals surface area contributed by atoms with Crippen LogP contribution in [-0.4, -0.2) is 36.7 Å². The van der Waals surface area contributed by atoms with Crippen molar-refractivity contribution >= 4 is 22.4 Å². The SMILES string of the molecule is COc1cccc(N2CCC(CNc3ncnc4c(F)cccc34)C2)c1. The maximum Gasteiger partial charge on any atom is 0.149 e. The highest BCUT2D eigenvalue weighted by Gasteiger charge is 2.23. The normalized spacial score (nSPS) is 16.8. The number of hydrogen-bond donors (Lipinski definition) is 1. The molecular weight excluding hydrogens is 331 g/mol. The third-order valence-electron chi connectivity index (χ3n) is 4.88. The number of ether oxygens (including phenoxy) is 1. The third-order valence-corrected chi connectivity index (χ3v) is 4.88. The van der Waals surface area contributed by atoms with Crippen LogP contribution in [0.3, 0.4) is 0 Å². The highest BCUT2D eigenvalue weighted by Crippen LogP contribution is 2.28. The van der Waals surface area contributed by atoms with Crippen LogP contribution in [0.15, 0.2) is 48.8 Å². The molecule has 1 unspecified atom stereocenters. The number of para-hydroxylation sites is 1. The van der Waals surface area contributed by atoms with Crippen molar-refractivity contribution in [3.05, 3.63) is 54.6 Å². The number of anilines is 2. The van der Waals surface area contributed by atoms with Gasteiger partial charge in [0.25, 0.3) is 0 Å². The minimum atomic E-state index is -0.321. The van der Waals surface area contributed by atoms with E-state index < -0.39 is 0 Å². The smallest absolute Gasteiger partial charge is 0.149 e. The number of methoxy groups -OCH3 is 1. The van der Waals surface area contributed by atoms with Gasteiger partial charge in [-0.15, -0.1) is 0 Å². The summed E-state index contributed by atoms with van der Waals surface area (Å²) >= 11 is 0. The van der Waals surface area contributed by atoms with E-state index in [9.17, 15) is 4.39 Å². The first-order valence-electron chi connectivity index (χ1n) is 8.76. The number of nitrogens with zero attached hydrogens (tertiary/aromatic N) is 3. The number of nitrogens with one attached hydrogen (secondary N) is 1. The summed E-state index contributed by atoms with van der Waals surface area (Å²) < 4.78 is 19.2. The predicted molar refractivity (Wildman–Crippen MR) is 101 cm³/mol. The second-order valence-electron chi connectivity index (χ2n) is 6.54. The van der Waals surface area contributed by atoms with Crippen LogP contribution < -0.4 is 15.0 Å². The van der Waals surface area contributed by atoms with Crippen LogP contribution in [0.4, 0.5) is 15.9 Å². The molecule has 0 bridgehead atoms. The molecule has 1 N–H and O–H groups in total. The average Bonchev–Trinajstić information content (AvgIpc) is 3.16.